The third-order valence-electron chi connectivity index (χ3n) is 4.01. The van der Waals surface area contributed by atoms with Gasteiger partial charge < -0.3 is 15.4 Å². The molecule has 2 N–H and O–H groups in total. The number of fused-ring (bicyclic) bond motifs is 1. The molecule has 6 nitrogen and oxygen atoms in total. The van der Waals surface area contributed by atoms with Crippen LogP contribution in [0.2, 0.25) is 0 Å². The van der Waals surface area contributed by atoms with Gasteiger partial charge in [0.2, 0.25) is 5.91 Å². The fourth-order valence-corrected chi connectivity index (χ4v) is 3.43. The maximum absolute atomic E-state index is 12.1. The fraction of sp³-hybridized carbons (Fsp3) is 0.526. The number of thioether (sulfide) groups is 1. The number of anilines is 1. The lowest BCUT2D eigenvalue weighted by molar-refractivity contribution is -0.124. The minimum absolute atomic E-state index is 0.0518. The summed E-state index contributed by atoms with van der Waals surface area (Å²) >= 11 is 1.42. The Bertz CT molecular complexity index is 676. The van der Waals surface area contributed by atoms with E-state index in [9.17, 15) is 14.4 Å². The van der Waals surface area contributed by atoms with Gasteiger partial charge in [0.1, 0.15) is 0 Å². The molecule has 1 atom stereocenters. The molecule has 0 fully saturated rings. The van der Waals surface area contributed by atoms with Gasteiger partial charge in [0.25, 0.3) is 5.91 Å². The van der Waals surface area contributed by atoms with Gasteiger partial charge in [-0.3, -0.25) is 9.59 Å². The monoisotopic (exact) mass is 378 g/mol. The van der Waals surface area contributed by atoms with Crippen molar-refractivity contribution in [3.63, 3.8) is 0 Å². The average Bonchev–Trinajstić information content (AvgIpc) is 2.58. The van der Waals surface area contributed by atoms with Crippen LogP contribution in [0, 0.1) is 5.92 Å². The second kappa shape index (κ2) is 9.62. The molecular formula is C19H26N2O4S. The van der Waals surface area contributed by atoms with Crippen molar-refractivity contribution in [3.05, 3.63) is 23.8 Å². The van der Waals surface area contributed by atoms with Crippen LogP contribution in [-0.2, 0) is 14.3 Å². The predicted molar refractivity (Wildman–Crippen MR) is 102 cm³/mol. The van der Waals surface area contributed by atoms with E-state index >= 15 is 0 Å². The topological polar surface area (TPSA) is 84.5 Å². The molecule has 0 radical (unpaired) electrons. The third kappa shape index (κ3) is 6.37. The zero-order chi connectivity index (χ0) is 19.1. The largest absolute Gasteiger partial charge is 0.452 e. The Morgan fingerprint density at radius 3 is 2.77 bits per heavy atom. The third-order valence-corrected chi connectivity index (χ3v) is 5.08. The van der Waals surface area contributed by atoms with Gasteiger partial charge >= 0.3 is 5.97 Å². The van der Waals surface area contributed by atoms with Crippen molar-refractivity contribution in [2.24, 2.45) is 5.92 Å². The summed E-state index contributed by atoms with van der Waals surface area (Å²) in [6.07, 6.45) is 3.08. The number of amides is 2. The van der Waals surface area contributed by atoms with E-state index in [1.807, 2.05) is 6.92 Å². The van der Waals surface area contributed by atoms with Gasteiger partial charge in [0.15, 0.2) is 6.61 Å². The maximum Gasteiger partial charge on any atom is 0.338 e. The summed E-state index contributed by atoms with van der Waals surface area (Å²) in [5.41, 5.74) is 0.910. The molecule has 0 aromatic heterocycles. The Morgan fingerprint density at radius 2 is 2.04 bits per heavy atom. The standard InChI is InChI=1S/C19H26N2O4S/c1-12(2)5-4-6-13(3)20-17(22)10-25-19(24)14-7-8-16-15(9-14)21-18(23)11-26-16/h7-9,12-13H,4-6,10-11H2,1-3H3,(H,20,22)(H,21,23). The predicted octanol–water partition coefficient (Wildman–Crippen LogP) is 3.22. The number of esters is 1. The lowest BCUT2D eigenvalue weighted by Crippen LogP contribution is -2.35. The zero-order valence-corrected chi connectivity index (χ0v) is 16.3. The summed E-state index contributed by atoms with van der Waals surface area (Å²) < 4.78 is 5.08. The van der Waals surface area contributed by atoms with E-state index in [1.54, 1.807) is 18.2 Å². The van der Waals surface area contributed by atoms with Gasteiger partial charge in [0, 0.05) is 10.9 Å². The minimum atomic E-state index is -0.583. The Hall–Kier alpha value is -2.02. The molecule has 1 unspecified atom stereocenters. The van der Waals surface area contributed by atoms with Crippen LogP contribution in [0.4, 0.5) is 5.69 Å². The van der Waals surface area contributed by atoms with Gasteiger partial charge in [-0.1, -0.05) is 26.7 Å². The quantitative estimate of drug-likeness (QED) is 0.679. The highest BCUT2D eigenvalue weighted by Crippen LogP contribution is 2.32. The molecule has 0 bridgehead atoms. The van der Waals surface area contributed by atoms with E-state index < -0.39 is 5.97 Å². The first kappa shape index (κ1) is 20.3. The van der Waals surface area contributed by atoms with E-state index in [2.05, 4.69) is 24.5 Å². The smallest absolute Gasteiger partial charge is 0.338 e. The Balaban J connectivity index is 1.78. The van der Waals surface area contributed by atoms with Gasteiger partial charge in [-0.15, -0.1) is 11.8 Å². The number of carbonyl (C=O) groups excluding carboxylic acids is 3. The number of rotatable bonds is 8. The lowest BCUT2D eigenvalue weighted by atomic mass is 10.0. The van der Waals surface area contributed by atoms with Crippen LogP contribution in [0.1, 0.15) is 50.4 Å². The molecule has 2 amide bonds. The van der Waals surface area contributed by atoms with Crippen LogP contribution in [-0.4, -0.2) is 36.2 Å². The first-order chi connectivity index (χ1) is 12.3. The van der Waals surface area contributed by atoms with Crippen LogP contribution < -0.4 is 10.6 Å². The number of hydrogen-bond donors (Lipinski definition) is 2. The molecule has 0 spiro atoms. The van der Waals surface area contributed by atoms with Crippen molar-refractivity contribution in [3.8, 4) is 0 Å². The molecule has 1 aromatic carbocycles. The Morgan fingerprint density at radius 1 is 1.27 bits per heavy atom. The number of nitrogens with one attached hydrogen (secondary N) is 2. The molecule has 0 saturated heterocycles. The van der Waals surface area contributed by atoms with E-state index in [4.69, 9.17) is 4.74 Å². The van der Waals surface area contributed by atoms with E-state index in [-0.39, 0.29) is 24.5 Å². The van der Waals surface area contributed by atoms with Crippen LogP contribution >= 0.6 is 11.8 Å². The molecule has 0 saturated carbocycles. The van der Waals surface area contributed by atoms with E-state index in [0.717, 1.165) is 24.2 Å². The number of benzene rings is 1. The zero-order valence-electron chi connectivity index (χ0n) is 15.5. The maximum atomic E-state index is 12.1. The number of ether oxygens (including phenoxy) is 1. The van der Waals surface area contributed by atoms with Crippen LogP contribution in [0.15, 0.2) is 23.1 Å². The Labute approximate surface area is 158 Å². The molecule has 1 aliphatic rings. The second-order valence-electron chi connectivity index (χ2n) is 6.92. The first-order valence-electron chi connectivity index (χ1n) is 8.88. The SMILES string of the molecule is CC(C)CCCC(C)NC(=O)COC(=O)c1ccc2c(c1)NC(=O)CS2. The number of hydrogen-bond acceptors (Lipinski definition) is 5. The summed E-state index contributed by atoms with van der Waals surface area (Å²) in [7, 11) is 0. The second-order valence-corrected chi connectivity index (χ2v) is 7.93. The molecule has 1 aromatic rings. The molecule has 142 valence electrons. The van der Waals surface area contributed by atoms with Crippen molar-refractivity contribution in [2.75, 3.05) is 17.7 Å². The molecule has 7 heteroatoms. The van der Waals surface area contributed by atoms with E-state index in [1.165, 1.54) is 11.8 Å². The van der Waals surface area contributed by atoms with Crippen LogP contribution in [0.25, 0.3) is 0 Å². The van der Waals surface area contributed by atoms with Crippen molar-refractivity contribution >= 4 is 35.2 Å². The molecule has 26 heavy (non-hydrogen) atoms. The van der Waals surface area contributed by atoms with Crippen LogP contribution in [0.3, 0.4) is 0 Å². The summed E-state index contributed by atoms with van der Waals surface area (Å²) in [4.78, 5) is 36.4. The van der Waals surface area contributed by atoms with Crippen molar-refractivity contribution < 1.29 is 19.1 Å². The van der Waals surface area contributed by atoms with Crippen molar-refractivity contribution in [1.29, 1.82) is 0 Å². The fourth-order valence-electron chi connectivity index (χ4n) is 2.65. The Kier molecular flexibility index (Phi) is 7.50. The minimum Gasteiger partial charge on any atom is -0.452 e. The molecule has 0 aliphatic carbocycles. The summed E-state index contributed by atoms with van der Waals surface area (Å²) in [6.45, 7) is 5.98. The van der Waals surface area contributed by atoms with Crippen molar-refractivity contribution in [1.82, 2.24) is 5.32 Å². The molecule has 2 rings (SSSR count). The molecule has 1 heterocycles. The van der Waals surface area contributed by atoms with Gasteiger partial charge in [-0.05, 0) is 37.5 Å². The highest BCUT2D eigenvalue weighted by Gasteiger charge is 2.18. The lowest BCUT2D eigenvalue weighted by Gasteiger charge is -2.17. The summed E-state index contributed by atoms with van der Waals surface area (Å²) in [5.74, 6) is 0.0294. The normalized spacial score (nSPS) is 14.4. The molecule has 1 aliphatic heterocycles. The van der Waals surface area contributed by atoms with Gasteiger partial charge in [0.05, 0.1) is 17.0 Å². The van der Waals surface area contributed by atoms with Gasteiger partial charge in [-0.2, -0.15) is 0 Å². The van der Waals surface area contributed by atoms with Crippen molar-refractivity contribution in [2.45, 2.75) is 51.0 Å². The van der Waals surface area contributed by atoms with E-state index in [0.29, 0.717) is 22.9 Å². The summed E-state index contributed by atoms with van der Waals surface area (Å²) in [5, 5.41) is 5.57. The highest BCUT2D eigenvalue weighted by atomic mass is 32.2. The average molecular weight is 378 g/mol. The van der Waals surface area contributed by atoms with Crippen LogP contribution in [0.5, 0.6) is 0 Å². The molecular weight excluding hydrogens is 352 g/mol. The highest BCUT2D eigenvalue weighted by molar-refractivity contribution is 8.00. The summed E-state index contributed by atoms with van der Waals surface area (Å²) in [6, 6.07) is 5.04. The number of carbonyl (C=O) groups is 3. The first-order valence-corrected chi connectivity index (χ1v) is 9.87. The van der Waals surface area contributed by atoms with Gasteiger partial charge in [-0.25, -0.2) is 4.79 Å².